The van der Waals surface area contributed by atoms with Crippen molar-refractivity contribution >= 4 is 5.91 Å². The summed E-state index contributed by atoms with van der Waals surface area (Å²) in [6, 6.07) is 6.79. The molecule has 0 saturated carbocycles. The van der Waals surface area contributed by atoms with Crippen LogP contribution in [0, 0.1) is 6.92 Å². The van der Waals surface area contributed by atoms with Crippen LogP contribution in [-0.2, 0) is 0 Å². The largest absolute Gasteiger partial charge is 0.491 e. The summed E-state index contributed by atoms with van der Waals surface area (Å²) < 4.78 is 15.9. The Morgan fingerprint density at radius 2 is 2.26 bits per heavy atom. The second kappa shape index (κ2) is 6.57. The minimum Gasteiger partial charge on any atom is -0.491 e. The van der Waals surface area contributed by atoms with Gasteiger partial charge < -0.3 is 24.6 Å². The van der Waals surface area contributed by atoms with Crippen molar-refractivity contribution < 1.29 is 24.1 Å². The number of rotatable bonds is 6. The number of nitrogens with one attached hydrogen (secondary N) is 2. The van der Waals surface area contributed by atoms with E-state index in [0.29, 0.717) is 17.2 Å². The molecule has 1 aliphatic heterocycles. The SMILES string of the molecule is Cc1cc(C(=O)NC[C@H](O)COc2ccc3c(c2)OCO3)n[nH]1. The number of H-pyrrole nitrogens is 1. The van der Waals surface area contributed by atoms with Gasteiger partial charge in [-0.15, -0.1) is 0 Å². The predicted molar refractivity (Wildman–Crippen MR) is 79.7 cm³/mol. The lowest BCUT2D eigenvalue weighted by Crippen LogP contribution is -2.35. The third kappa shape index (κ3) is 3.72. The van der Waals surface area contributed by atoms with Crippen molar-refractivity contribution in [3.63, 3.8) is 0 Å². The highest BCUT2D eigenvalue weighted by molar-refractivity contribution is 5.92. The summed E-state index contributed by atoms with van der Waals surface area (Å²) in [5, 5.41) is 19.0. The zero-order chi connectivity index (χ0) is 16.2. The molecule has 3 N–H and O–H groups in total. The monoisotopic (exact) mass is 319 g/mol. The number of aromatic nitrogens is 2. The molecule has 1 amide bonds. The number of amides is 1. The average molecular weight is 319 g/mol. The number of carbonyl (C=O) groups is 1. The number of benzene rings is 1. The average Bonchev–Trinajstić information content (AvgIpc) is 3.18. The first kappa shape index (κ1) is 15.2. The van der Waals surface area contributed by atoms with Crippen molar-refractivity contribution in [2.45, 2.75) is 13.0 Å². The highest BCUT2D eigenvalue weighted by Crippen LogP contribution is 2.35. The van der Waals surface area contributed by atoms with Crippen molar-refractivity contribution in [3.05, 3.63) is 35.7 Å². The molecule has 8 heteroatoms. The summed E-state index contributed by atoms with van der Waals surface area (Å²) >= 11 is 0. The standard InChI is InChI=1S/C15H17N3O5/c1-9-4-12(18-17-9)15(20)16-6-10(19)7-21-11-2-3-13-14(5-11)23-8-22-13/h2-5,10,19H,6-8H2,1H3,(H,16,20)(H,17,18)/t10-/m0/s1. The van der Waals surface area contributed by atoms with Crippen LogP contribution in [0.4, 0.5) is 0 Å². The first-order chi connectivity index (χ1) is 11.1. The van der Waals surface area contributed by atoms with E-state index >= 15 is 0 Å². The lowest BCUT2D eigenvalue weighted by atomic mass is 10.3. The number of aryl methyl sites for hydroxylation is 1. The van der Waals surface area contributed by atoms with Crippen molar-refractivity contribution in [2.24, 2.45) is 0 Å². The molecule has 1 aromatic heterocycles. The summed E-state index contributed by atoms with van der Waals surface area (Å²) in [5.74, 6) is 1.48. The topological polar surface area (TPSA) is 106 Å². The molecule has 0 unspecified atom stereocenters. The Kier molecular flexibility index (Phi) is 4.33. The van der Waals surface area contributed by atoms with Crippen molar-refractivity contribution in [1.29, 1.82) is 0 Å². The van der Waals surface area contributed by atoms with Crippen molar-refractivity contribution in [2.75, 3.05) is 19.9 Å². The molecule has 2 aromatic rings. The van der Waals surface area contributed by atoms with E-state index in [0.717, 1.165) is 5.69 Å². The van der Waals surface area contributed by atoms with E-state index in [-0.39, 0.29) is 31.5 Å². The Morgan fingerprint density at radius 3 is 3.04 bits per heavy atom. The number of carbonyl (C=O) groups excluding carboxylic acids is 1. The van der Waals surface area contributed by atoms with Crippen LogP contribution in [0.25, 0.3) is 0 Å². The molecule has 0 radical (unpaired) electrons. The second-order valence-electron chi connectivity index (χ2n) is 5.13. The van der Waals surface area contributed by atoms with Gasteiger partial charge >= 0.3 is 0 Å². The summed E-state index contributed by atoms with van der Waals surface area (Å²) in [6.45, 7) is 2.10. The quantitative estimate of drug-likeness (QED) is 0.720. The number of aromatic amines is 1. The molecule has 8 nitrogen and oxygen atoms in total. The van der Waals surface area contributed by atoms with Crippen molar-refractivity contribution in [1.82, 2.24) is 15.5 Å². The summed E-state index contributed by atoms with van der Waals surface area (Å²) in [7, 11) is 0. The molecule has 1 atom stereocenters. The van der Waals surface area contributed by atoms with E-state index in [2.05, 4.69) is 15.5 Å². The molecular weight excluding hydrogens is 302 g/mol. The van der Waals surface area contributed by atoms with Gasteiger partial charge in [0.15, 0.2) is 11.5 Å². The zero-order valence-electron chi connectivity index (χ0n) is 12.5. The molecule has 0 spiro atoms. The maximum absolute atomic E-state index is 11.8. The Balaban J connectivity index is 1.44. The molecule has 0 fully saturated rings. The third-order valence-electron chi connectivity index (χ3n) is 3.22. The Labute approximate surface area is 132 Å². The van der Waals surface area contributed by atoms with Crippen LogP contribution in [0.15, 0.2) is 24.3 Å². The molecule has 0 bridgehead atoms. The van der Waals surface area contributed by atoms with Gasteiger partial charge in [0.1, 0.15) is 24.2 Å². The summed E-state index contributed by atoms with van der Waals surface area (Å²) in [5.41, 5.74) is 1.08. The Bertz CT molecular complexity index is 700. The molecule has 1 aliphatic rings. The van der Waals surface area contributed by atoms with Crippen LogP contribution in [-0.4, -0.2) is 47.3 Å². The van der Waals surface area contributed by atoms with Crippen LogP contribution < -0.4 is 19.5 Å². The normalized spacial score (nSPS) is 13.7. The number of fused-ring (bicyclic) bond motifs is 1. The fourth-order valence-electron chi connectivity index (χ4n) is 2.05. The molecule has 0 saturated heterocycles. The lowest BCUT2D eigenvalue weighted by Gasteiger charge is -2.13. The van der Waals surface area contributed by atoms with E-state index in [1.807, 2.05) is 0 Å². The van der Waals surface area contributed by atoms with Gasteiger partial charge in [-0.1, -0.05) is 0 Å². The van der Waals surface area contributed by atoms with Gasteiger partial charge in [0, 0.05) is 18.3 Å². The molecule has 0 aliphatic carbocycles. The number of aliphatic hydroxyl groups excluding tert-OH is 1. The second-order valence-corrected chi connectivity index (χ2v) is 5.13. The number of nitrogens with zero attached hydrogens (tertiary/aromatic N) is 1. The van der Waals surface area contributed by atoms with E-state index < -0.39 is 6.10 Å². The Morgan fingerprint density at radius 1 is 1.43 bits per heavy atom. The number of ether oxygens (including phenoxy) is 3. The highest BCUT2D eigenvalue weighted by Gasteiger charge is 2.15. The third-order valence-corrected chi connectivity index (χ3v) is 3.22. The van der Waals surface area contributed by atoms with E-state index in [9.17, 15) is 9.90 Å². The van der Waals surface area contributed by atoms with Crippen LogP contribution in [0.3, 0.4) is 0 Å². The van der Waals surface area contributed by atoms with Gasteiger partial charge in [0.2, 0.25) is 6.79 Å². The van der Waals surface area contributed by atoms with Crippen LogP contribution in [0.2, 0.25) is 0 Å². The minimum absolute atomic E-state index is 0.0412. The van der Waals surface area contributed by atoms with Gasteiger partial charge in [-0.3, -0.25) is 9.89 Å². The van der Waals surface area contributed by atoms with Gasteiger partial charge in [-0.25, -0.2) is 0 Å². The fraction of sp³-hybridized carbons (Fsp3) is 0.333. The number of hydrogen-bond donors (Lipinski definition) is 3. The first-order valence-corrected chi connectivity index (χ1v) is 7.12. The number of hydrogen-bond acceptors (Lipinski definition) is 6. The highest BCUT2D eigenvalue weighted by atomic mass is 16.7. The van der Waals surface area contributed by atoms with Crippen LogP contribution >= 0.6 is 0 Å². The lowest BCUT2D eigenvalue weighted by molar-refractivity contribution is 0.0839. The van der Waals surface area contributed by atoms with Gasteiger partial charge in [-0.05, 0) is 25.1 Å². The molecule has 3 rings (SSSR count). The summed E-state index contributed by atoms with van der Waals surface area (Å²) in [4.78, 5) is 11.8. The Hall–Kier alpha value is -2.74. The maximum atomic E-state index is 11.8. The molecule has 1 aromatic carbocycles. The maximum Gasteiger partial charge on any atom is 0.271 e. The van der Waals surface area contributed by atoms with Crippen LogP contribution in [0.1, 0.15) is 16.2 Å². The van der Waals surface area contributed by atoms with Crippen LogP contribution in [0.5, 0.6) is 17.2 Å². The molecule has 23 heavy (non-hydrogen) atoms. The van der Waals surface area contributed by atoms with Crippen molar-refractivity contribution in [3.8, 4) is 17.2 Å². The summed E-state index contributed by atoms with van der Waals surface area (Å²) in [6.07, 6.45) is -0.843. The van der Waals surface area contributed by atoms with Gasteiger partial charge in [-0.2, -0.15) is 5.10 Å². The zero-order valence-corrected chi connectivity index (χ0v) is 12.5. The number of aliphatic hydroxyl groups is 1. The fourth-order valence-corrected chi connectivity index (χ4v) is 2.05. The van der Waals surface area contributed by atoms with E-state index in [1.54, 1.807) is 31.2 Å². The van der Waals surface area contributed by atoms with E-state index in [1.165, 1.54) is 0 Å². The smallest absolute Gasteiger partial charge is 0.271 e. The predicted octanol–water partition coefficient (Wildman–Crippen LogP) is 0.617. The van der Waals surface area contributed by atoms with Gasteiger partial charge in [0.05, 0.1) is 0 Å². The molecular formula is C15H17N3O5. The molecule has 2 heterocycles. The minimum atomic E-state index is -0.843. The van der Waals surface area contributed by atoms with Gasteiger partial charge in [0.25, 0.3) is 5.91 Å². The van der Waals surface area contributed by atoms with E-state index in [4.69, 9.17) is 14.2 Å². The first-order valence-electron chi connectivity index (χ1n) is 7.12. The molecule has 122 valence electrons.